The molecule has 0 amide bonds. The summed E-state index contributed by atoms with van der Waals surface area (Å²) in [5, 5.41) is 3.12. The van der Waals surface area contributed by atoms with Gasteiger partial charge in [-0.3, -0.25) is 0 Å². The first-order valence-corrected chi connectivity index (χ1v) is 6.03. The second-order valence-electron chi connectivity index (χ2n) is 4.41. The van der Waals surface area contributed by atoms with E-state index in [0.717, 1.165) is 25.3 Å². The summed E-state index contributed by atoms with van der Waals surface area (Å²) in [5.74, 6) is -1.01. The van der Waals surface area contributed by atoms with Gasteiger partial charge in [0.2, 0.25) is 0 Å². The number of hydrogen-bond acceptors (Lipinski definition) is 1. The number of rotatable bonds is 3. The Kier molecular flexibility index (Phi) is 3.89. The SMILES string of the molecule is CNC(C1=CCCCC1)c1ccc(F)cc1F. The van der Waals surface area contributed by atoms with Crippen LogP contribution in [0.4, 0.5) is 8.78 Å². The Morgan fingerprint density at radius 2 is 2.06 bits per heavy atom. The molecule has 2 rings (SSSR count). The Bertz CT molecular complexity index is 426. The molecule has 3 heteroatoms. The minimum atomic E-state index is -0.529. The summed E-state index contributed by atoms with van der Waals surface area (Å²) in [7, 11) is 1.81. The average molecular weight is 237 g/mol. The van der Waals surface area contributed by atoms with Crippen LogP contribution in [0, 0.1) is 11.6 Å². The molecule has 0 bridgehead atoms. The van der Waals surface area contributed by atoms with Crippen LogP contribution in [-0.2, 0) is 0 Å². The van der Waals surface area contributed by atoms with E-state index in [4.69, 9.17) is 0 Å². The van der Waals surface area contributed by atoms with Crippen molar-refractivity contribution in [1.82, 2.24) is 5.32 Å². The van der Waals surface area contributed by atoms with Crippen molar-refractivity contribution >= 4 is 0 Å². The second kappa shape index (κ2) is 5.41. The highest BCUT2D eigenvalue weighted by Crippen LogP contribution is 2.31. The molecule has 1 aromatic carbocycles. The molecule has 0 saturated carbocycles. The molecule has 0 spiro atoms. The Labute approximate surface area is 101 Å². The van der Waals surface area contributed by atoms with Gasteiger partial charge in [0.05, 0.1) is 6.04 Å². The Morgan fingerprint density at radius 1 is 1.24 bits per heavy atom. The van der Waals surface area contributed by atoms with Crippen LogP contribution in [0.3, 0.4) is 0 Å². The quantitative estimate of drug-likeness (QED) is 0.790. The molecule has 1 N–H and O–H groups in total. The van der Waals surface area contributed by atoms with E-state index >= 15 is 0 Å². The molecule has 1 nitrogen and oxygen atoms in total. The van der Waals surface area contributed by atoms with Gasteiger partial charge in [0.25, 0.3) is 0 Å². The lowest BCUT2D eigenvalue weighted by molar-refractivity contribution is 0.533. The zero-order valence-electron chi connectivity index (χ0n) is 9.97. The van der Waals surface area contributed by atoms with Crippen molar-refractivity contribution in [2.24, 2.45) is 0 Å². The molecule has 0 radical (unpaired) electrons. The van der Waals surface area contributed by atoms with Crippen LogP contribution >= 0.6 is 0 Å². The van der Waals surface area contributed by atoms with Crippen molar-refractivity contribution in [3.05, 3.63) is 47.0 Å². The van der Waals surface area contributed by atoms with Gasteiger partial charge in [-0.2, -0.15) is 0 Å². The molecule has 1 aliphatic carbocycles. The first kappa shape index (κ1) is 12.2. The standard InChI is InChI=1S/C14H17F2N/c1-17-14(10-5-3-2-4-6-10)12-8-7-11(15)9-13(12)16/h5,7-9,14,17H,2-4,6H2,1H3. The third-order valence-corrected chi connectivity index (χ3v) is 3.26. The summed E-state index contributed by atoms with van der Waals surface area (Å²) in [4.78, 5) is 0. The van der Waals surface area contributed by atoms with Gasteiger partial charge in [-0.1, -0.05) is 17.7 Å². The molecule has 17 heavy (non-hydrogen) atoms. The fourth-order valence-corrected chi connectivity index (χ4v) is 2.40. The van der Waals surface area contributed by atoms with E-state index in [9.17, 15) is 8.78 Å². The zero-order chi connectivity index (χ0) is 12.3. The van der Waals surface area contributed by atoms with Crippen molar-refractivity contribution < 1.29 is 8.78 Å². The van der Waals surface area contributed by atoms with Crippen LogP contribution in [0.2, 0.25) is 0 Å². The number of nitrogens with one attached hydrogen (secondary N) is 1. The maximum absolute atomic E-state index is 13.7. The lowest BCUT2D eigenvalue weighted by Gasteiger charge is -2.23. The third-order valence-electron chi connectivity index (χ3n) is 3.26. The molecule has 1 aliphatic rings. The predicted octanol–water partition coefficient (Wildman–Crippen LogP) is 3.73. The second-order valence-corrected chi connectivity index (χ2v) is 4.41. The summed E-state index contributed by atoms with van der Waals surface area (Å²) < 4.78 is 26.6. The fourth-order valence-electron chi connectivity index (χ4n) is 2.40. The van der Waals surface area contributed by atoms with E-state index in [0.29, 0.717) is 5.56 Å². The van der Waals surface area contributed by atoms with Gasteiger partial charge < -0.3 is 5.32 Å². The molecule has 0 saturated heterocycles. The molecule has 1 unspecified atom stereocenters. The van der Waals surface area contributed by atoms with E-state index in [1.807, 2.05) is 7.05 Å². The van der Waals surface area contributed by atoms with Gasteiger partial charge >= 0.3 is 0 Å². The van der Waals surface area contributed by atoms with Crippen molar-refractivity contribution in [1.29, 1.82) is 0 Å². The van der Waals surface area contributed by atoms with Gasteiger partial charge in [0.15, 0.2) is 0 Å². The summed E-state index contributed by atoms with van der Waals surface area (Å²) in [6, 6.07) is 3.66. The molecular weight excluding hydrogens is 220 g/mol. The normalized spacial score (nSPS) is 17.7. The molecule has 92 valence electrons. The first-order chi connectivity index (χ1) is 8.22. The number of hydrogen-bond donors (Lipinski definition) is 1. The van der Waals surface area contributed by atoms with E-state index in [2.05, 4.69) is 11.4 Å². The molecule has 0 aromatic heterocycles. The van der Waals surface area contributed by atoms with Gasteiger partial charge in [0.1, 0.15) is 11.6 Å². The first-order valence-electron chi connectivity index (χ1n) is 6.03. The van der Waals surface area contributed by atoms with E-state index in [1.165, 1.54) is 24.1 Å². The van der Waals surface area contributed by atoms with Crippen LogP contribution in [-0.4, -0.2) is 7.05 Å². The van der Waals surface area contributed by atoms with Crippen LogP contribution in [0.15, 0.2) is 29.8 Å². The summed E-state index contributed by atoms with van der Waals surface area (Å²) in [6.07, 6.45) is 6.56. The van der Waals surface area contributed by atoms with Crippen LogP contribution in [0.25, 0.3) is 0 Å². The van der Waals surface area contributed by atoms with Crippen molar-refractivity contribution in [2.45, 2.75) is 31.7 Å². The smallest absolute Gasteiger partial charge is 0.131 e. The van der Waals surface area contributed by atoms with Crippen LogP contribution in [0.5, 0.6) is 0 Å². The maximum atomic E-state index is 13.7. The minimum Gasteiger partial charge on any atom is -0.310 e. The summed E-state index contributed by atoms with van der Waals surface area (Å²) in [6.45, 7) is 0. The Balaban J connectivity index is 2.31. The van der Waals surface area contributed by atoms with Gasteiger partial charge in [-0.25, -0.2) is 8.78 Å². The lowest BCUT2D eigenvalue weighted by atomic mass is 9.89. The molecule has 0 fully saturated rings. The fraction of sp³-hybridized carbons (Fsp3) is 0.429. The van der Waals surface area contributed by atoms with Gasteiger partial charge in [-0.05, 0) is 38.8 Å². The Morgan fingerprint density at radius 3 is 2.65 bits per heavy atom. The number of allylic oxidation sites excluding steroid dienone is 1. The lowest BCUT2D eigenvalue weighted by Crippen LogP contribution is -2.21. The summed E-state index contributed by atoms with van der Waals surface area (Å²) in [5.41, 5.74) is 1.74. The highest BCUT2D eigenvalue weighted by molar-refractivity contribution is 5.30. The Hall–Kier alpha value is -1.22. The van der Waals surface area contributed by atoms with Gasteiger partial charge in [0, 0.05) is 11.6 Å². The predicted molar refractivity (Wildman–Crippen MR) is 64.7 cm³/mol. The highest BCUT2D eigenvalue weighted by Gasteiger charge is 2.19. The van der Waals surface area contributed by atoms with E-state index < -0.39 is 11.6 Å². The third kappa shape index (κ3) is 2.72. The molecule has 1 atom stereocenters. The topological polar surface area (TPSA) is 12.0 Å². The molecular formula is C14H17F2N. The number of likely N-dealkylation sites (N-methyl/N-ethyl adjacent to an activating group) is 1. The monoisotopic (exact) mass is 237 g/mol. The summed E-state index contributed by atoms with van der Waals surface area (Å²) >= 11 is 0. The van der Waals surface area contributed by atoms with Crippen molar-refractivity contribution in [3.63, 3.8) is 0 Å². The molecule has 0 heterocycles. The minimum absolute atomic E-state index is 0.129. The maximum Gasteiger partial charge on any atom is 0.131 e. The zero-order valence-corrected chi connectivity index (χ0v) is 9.97. The van der Waals surface area contributed by atoms with Crippen LogP contribution < -0.4 is 5.32 Å². The number of halogens is 2. The largest absolute Gasteiger partial charge is 0.310 e. The molecule has 0 aliphatic heterocycles. The van der Waals surface area contributed by atoms with Crippen molar-refractivity contribution in [3.8, 4) is 0 Å². The molecule has 1 aromatic rings. The number of benzene rings is 1. The highest BCUT2D eigenvalue weighted by atomic mass is 19.1. The van der Waals surface area contributed by atoms with E-state index in [-0.39, 0.29) is 6.04 Å². The van der Waals surface area contributed by atoms with E-state index in [1.54, 1.807) is 0 Å². The van der Waals surface area contributed by atoms with Crippen LogP contribution in [0.1, 0.15) is 37.3 Å². The average Bonchev–Trinajstić information content (AvgIpc) is 2.34. The van der Waals surface area contributed by atoms with Gasteiger partial charge in [-0.15, -0.1) is 0 Å². The van der Waals surface area contributed by atoms with Crippen molar-refractivity contribution in [2.75, 3.05) is 7.05 Å².